The van der Waals surface area contributed by atoms with E-state index in [4.69, 9.17) is 5.84 Å². The molecule has 0 unspecified atom stereocenters. The van der Waals surface area contributed by atoms with Crippen LogP contribution in [0.2, 0.25) is 0 Å². The van der Waals surface area contributed by atoms with Gasteiger partial charge in [0.25, 0.3) is 0 Å². The fraction of sp³-hybridized carbons (Fsp3) is 0.417. The van der Waals surface area contributed by atoms with Crippen molar-refractivity contribution in [2.45, 2.75) is 26.2 Å². The van der Waals surface area contributed by atoms with Gasteiger partial charge in [0.05, 0.1) is 18.2 Å². The lowest BCUT2D eigenvalue weighted by Crippen LogP contribution is -2.17. The monoisotopic (exact) mass is 246 g/mol. The summed E-state index contributed by atoms with van der Waals surface area (Å²) in [6.45, 7) is 6.30. The van der Waals surface area contributed by atoms with Crippen LogP contribution in [0.1, 0.15) is 26.5 Å². The molecule has 0 spiro atoms. The molecule has 0 bridgehead atoms. The summed E-state index contributed by atoms with van der Waals surface area (Å²) in [5.41, 5.74) is 4.30. The number of anilines is 1. The van der Waals surface area contributed by atoms with Crippen molar-refractivity contribution < 1.29 is 0 Å². The first-order valence-electron chi connectivity index (χ1n) is 5.74. The smallest absolute Gasteiger partial charge is 0.180 e. The molecule has 0 saturated heterocycles. The number of aryl methyl sites for hydroxylation is 1. The van der Waals surface area contributed by atoms with Crippen molar-refractivity contribution in [3.8, 4) is 11.5 Å². The van der Waals surface area contributed by atoms with Gasteiger partial charge in [-0.15, -0.1) is 0 Å². The predicted octanol–water partition coefficient (Wildman–Crippen LogP) is 1.46. The summed E-state index contributed by atoms with van der Waals surface area (Å²) in [4.78, 5) is 13.0. The molecule has 0 fully saturated rings. The maximum absolute atomic E-state index is 5.46. The molecule has 2 rings (SSSR count). The van der Waals surface area contributed by atoms with Gasteiger partial charge < -0.3 is 9.99 Å². The highest BCUT2D eigenvalue weighted by atomic mass is 15.3. The number of nitrogens with zero attached hydrogens (tertiary/aromatic N) is 4. The lowest BCUT2D eigenvalue weighted by atomic mass is 9.92. The number of hydrazine groups is 1. The number of aromatic nitrogens is 4. The minimum Gasteiger partial charge on any atom is -0.331 e. The first-order chi connectivity index (χ1) is 8.41. The Balaban J connectivity index is 2.58. The van der Waals surface area contributed by atoms with E-state index >= 15 is 0 Å². The number of nitrogens with two attached hydrogens (primary N) is 1. The van der Waals surface area contributed by atoms with Crippen LogP contribution in [0.3, 0.4) is 0 Å². The molecule has 18 heavy (non-hydrogen) atoms. The molecule has 0 saturated carbocycles. The van der Waals surface area contributed by atoms with Crippen molar-refractivity contribution in [2.75, 3.05) is 5.43 Å². The Morgan fingerprint density at radius 1 is 1.28 bits per heavy atom. The van der Waals surface area contributed by atoms with Crippen LogP contribution < -0.4 is 11.3 Å². The van der Waals surface area contributed by atoms with E-state index in [1.807, 2.05) is 17.7 Å². The van der Waals surface area contributed by atoms with Gasteiger partial charge >= 0.3 is 0 Å². The van der Waals surface area contributed by atoms with Crippen molar-refractivity contribution in [3.05, 3.63) is 24.3 Å². The number of hydrogen-bond donors (Lipinski definition) is 2. The maximum Gasteiger partial charge on any atom is 0.180 e. The highest BCUT2D eigenvalue weighted by molar-refractivity contribution is 5.53. The largest absolute Gasteiger partial charge is 0.331 e. The molecule has 0 amide bonds. The van der Waals surface area contributed by atoms with Gasteiger partial charge in [-0.3, -0.25) is 0 Å². The van der Waals surface area contributed by atoms with Crippen molar-refractivity contribution in [2.24, 2.45) is 12.9 Å². The van der Waals surface area contributed by atoms with E-state index in [0.717, 1.165) is 11.4 Å². The van der Waals surface area contributed by atoms with Crippen LogP contribution in [0.15, 0.2) is 18.6 Å². The third-order valence-corrected chi connectivity index (χ3v) is 2.69. The summed E-state index contributed by atoms with van der Waals surface area (Å²) in [7, 11) is 1.91. The highest BCUT2D eigenvalue weighted by Gasteiger charge is 2.19. The summed E-state index contributed by atoms with van der Waals surface area (Å²) < 4.78 is 1.88. The average molecular weight is 246 g/mol. The first kappa shape index (κ1) is 12.5. The van der Waals surface area contributed by atoms with E-state index in [0.29, 0.717) is 11.6 Å². The van der Waals surface area contributed by atoms with Crippen molar-refractivity contribution in [1.29, 1.82) is 0 Å². The Morgan fingerprint density at radius 3 is 2.50 bits per heavy atom. The van der Waals surface area contributed by atoms with Crippen LogP contribution in [0.4, 0.5) is 5.82 Å². The zero-order chi connectivity index (χ0) is 13.3. The molecule has 0 radical (unpaired) electrons. The minimum absolute atomic E-state index is 0.0676. The molecule has 3 N–H and O–H groups in total. The molecule has 2 aromatic rings. The Bertz CT molecular complexity index is 552. The quantitative estimate of drug-likeness (QED) is 0.619. The van der Waals surface area contributed by atoms with E-state index in [1.165, 1.54) is 0 Å². The third kappa shape index (κ3) is 2.33. The predicted molar refractivity (Wildman–Crippen MR) is 70.7 cm³/mol. The zero-order valence-corrected chi connectivity index (χ0v) is 11.1. The van der Waals surface area contributed by atoms with Gasteiger partial charge in [0, 0.05) is 18.5 Å². The van der Waals surface area contributed by atoms with Gasteiger partial charge in [-0.05, 0) is 0 Å². The van der Waals surface area contributed by atoms with Gasteiger partial charge in [-0.2, -0.15) is 0 Å². The normalized spacial score (nSPS) is 11.6. The Morgan fingerprint density at radius 2 is 2.00 bits per heavy atom. The van der Waals surface area contributed by atoms with E-state index in [1.54, 1.807) is 12.5 Å². The molecule has 6 heteroatoms. The van der Waals surface area contributed by atoms with E-state index in [9.17, 15) is 0 Å². The fourth-order valence-electron chi connectivity index (χ4n) is 1.59. The number of rotatable bonds is 2. The number of imidazole rings is 1. The van der Waals surface area contributed by atoms with Gasteiger partial charge in [0.1, 0.15) is 11.5 Å². The summed E-state index contributed by atoms with van der Waals surface area (Å²) >= 11 is 0. The molecule has 0 aliphatic carbocycles. The molecular formula is C12H18N6. The standard InChI is InChI=1S/C12H18N6/c1-12(2,3)9-5-10(17-13)16-11(15-9)8-6-14-7-18(8)4/h5-7H,13H2,1-4H3,(H,15,16,17). The third-order valence-electron chi connectivity index (χ3n) is 2.69. The van der Waals surface area contributed by atoms with Crippen LogP contribution in [-0.2, 0) is 12.5 Å². The molecule has 2 heterocycles. The van der Waals surface area contributed by atoms with Crippen LogP contribution in [0.25, 0.3) is 11.5 Å². The summed E-state index contributed by atoms with van der Waals surface area (Å²) in [5, 5.41) is 0. The lowest BCUT2D eigenvalue weighted by Gasteiger charge is -2.19. The van der Waals surface area contributed by atoms with Crippen LogP contribution in [-0.4, -0.2) is 19.5 Å². The number of nitrogens with one attached hydrogen (secondary N) is 1. The maximum atomic E-state index is 5.46. The fourth-order valence-corrected chi connectivity index (χ4v) is 1.59. The second-order valence-electron chi connectivity index (χ2n) is 5.25. The number of hydrogen-bond acceptors (Lipinski definition) is 5. The Labute approximate surface area is 106 Å². The van der Waals surface area contributed by atoms with Crippen molar-refractivity contribution >= 4 is 5.82 Å². The zero-order valence-electron chi connectivity index (χ0n) is 11.1. The minimum atomic E-state index is -0.0676. The van der Waals surface area contributed by atoms with Crippen molar-refractivity contribution in [1.82, 2.24) is 19.5 Å². The Kier molecular flexibility index (Phi) is 3.04. The topological polar surface area (TPSA) is 81.7 Å². The SMILES string of the molecule is Cn1cncc1-c1nc(NN)cc(C(C)(C)C)n1. The average Bonchev–Trinajstić information content (AvgIpc) is 2.73. The van der Waals surface area contributed by atoms with Gasteiger partial charge in [0.2, 0.25) is 0 Å². The molecule has 0 aliphatic heterocycles. The molecule has 0 aliphatic rings. The lowest BCUT2D eigenvalue weighted by molar-refractivity contribution is 0.568. The van der Waals surface area contributed by atoms with E-state index in [-0.39, 0.29) is 5.41 Å². The summed E-state index contributed by atoms with van der Waals surface area (Å²) in [6.07, 6.45) is 3.46. The first-order valence-corrected chi connectivity index (χ1v) is 5.74. The highest BCUT2D eigenvalue weighted by Crippen LogP contribution is 2.25. The Hall–Kier alpha value is -1.95. The van der Waals surface area contributed by atoms with Crippen LogP contribution in [0.5, 0.6) is 0 Å². The molecule has 0 atom stereocenters. The molecule has 2 aromatic heterocycles. The number of nitrogen functional groups attached to an aromatic ring is 1. The molecule has 96 valence electrons. The van der Waals surface area contributed by atoms with Crippen LogP contribution in [0, 0.1) is 0 Å². The van der Waals surface area contributed by atoms with E-state index in [2.05, 4.69) is 41.1 Å². The summed E-state index contributed by atoms with van der Waals surface area (Å²) in [5.74, 6) is 6.68. The van der Waals surface area contributed by atoms with Crippen molar-refractivity contribution in [3.63, 3.8) is 0 Å². The van der Waals surface area contributed by atoms with Gasteiger partial charge in [0.15, 0.2) is 5.82 Å². The second-order valence-corrected chi connectivity index (χ2v) is 5.25. The molecular weight excluding hydrogens is 228 g/mol. The second kappa shape index (κ2) is 4.38. The van der Waals surface area contributed by atoms with Gasteiger partial charge in [-0.1, -0.05) is 20.8 Å². The molecule has 6 nitrogen and oxygen atoms in total. The summed E-state index contributed by atoms with van der Waals surface area (Å²) in [6, 6.07) is 1.86. The van der Waals surface area contributed by atoms with Crippen LogP contribution >= 0.6 is 0 Å². The molecule has 0 aromatic carbocycles. The van der Waals surface area contributed by atoms with Gasteiger partial charge in [-0.25, -0.2) is 20.8 Å². The van der Waals surface area contributed by atoms with E-state index < -0.39 is 0 Å².